The number of carbonyl (C=O) groups is 4. The van der Waals surface area contributed by atoms with E-state index in [9.17, 15) is 39.6 Å². The molecule has 0 aliphatic carbocycles. The van der Waals surface area contributed by atoms with Gasteiger partial charge in [0.2, 0.25) is 0 Å². The molecule has 0 amide bonds. The van der Waals surface area contributed by atoms with E-state index in [0.717, 1.165) is 9.80 Å². The Morgan fingerprint density at radius 1 is 0.591 bits per heavy atom. The van der Waals surface area contributed by atoms with Crippen LogP contribution in [0.3, 0.4) is 0 Å². The molecular formula is C10H12N2NaO8Zn-. The quantitative estimate of drug-likeness (QED) is 0.316. The maximum Gasteiger partial charge on any atom is 2.00 e. The predicted molar refractivity (Wildman–Crippen MR) is 52.9 cm³/mol. The smallest absolute Gasteiger partial charge is 0.549 e. The van der Waals surface area contributed by atoms with Gasteiger partial charge in [-0.15, -0.1) is 0 Å². The number of hydrogen-bond donors (Lipinski definition) is 0. The SMILES string of the molecule is O=C([O-])CN(CCN(CC(=O)[O-])CC(=O)[O-])CC(=O)[O-].[Na+].[Zn+2]. The van der Waals surface area contributed by atoms with Crippen molar-refractivity contribution in [2.75, 3.05) is 39.3 Å². The molecule has 0 aliphatic heterocycles. The van der Waals surface area contributed by atoms with Gasteiger partial charge in [-0.3, -0.25) is 9.80 Å². The second kappa shape index (κ2) is 14.0. The van der Waals surface area contributed by atoms with Crippen molar-refractivity contribution in [3.05, 3.63) is 0 Å². The van der Waals surface area contributed by atoms with E-state index in [1.54, 1.807) is 0 Å². The monoisotopic (exact) mass is 375 g/mol. The number of aliphatic carboxylic acids is 4. The van der Waals surface area contributed by atoms with Crippen LogP contribution in [-0.4, -0.2) is 72.9 Å². The molecule has 0 unspecified atom stereocenters. The molecule has 0 N–H and O–H groups in total. The van der Waals surface area contributed by atoms with Gasteiger partial charge in [0.15, 0.2) is 0 Å². The number of carboxylic acids is 4. The number of nitrogens with zero attached hydrogens (tertiary/aromatic N) is 2. The van der Waals surface area contributed by atoms with Crippen molar-refractivity contribution in [2.24, 2.45) is 0 Å². The third-order valence-electron chi connectivity index (χ3n) is 2.14. The van der Waals surface area contributed by atoms with Gasteiger partial charge in [-0.05, 0) is 0 Å². The first kappa shape index (κ1) is 26.3. The molecule has 0 aromatic rings. The van der Waals surface area contributed by atoms with Gasteiger partial charge in [-0.2, -0.15) is 0 Å². The zero-order valence-corrected chi connectivity index (χ0v) is 17.1. The van der Waals surface area contributed by atoms with E-state index in [1.807, 2.05) is 0 Å². The molecule has 22 heavy (non-hydrogen) atoms. The summed E-state index contributed by atoms with van der Waals surface area (Å²) in [6.45, 7) is -3.25. The topological polar surface area (TPSA) is 167 Å². The van der Waals surface area contributed by atoms with Crippen LogP contribution in [0.5, 0.6) is 0 Å². The normalized spacial score (nSPS) is 9.73. The summed E-state index contributed by atoms with van der Waals surface area (Å²) < 4.78 is 0. The molecule has 0 spiro atoms. The standard InChI is InChI=1S/C10H16N2O8.Na.Zn/c13-7(14)3-11(4-8(15)16)1-2-12(5-9(17)18)6-10(19)20;;/h1-6H2,(H,13,14)(H,15,16)(H,17,18)(H,19,20);;/q;+1;+2/p-4. The Morgan fingerprint density at radius 2 is 0.773 bits per heavy atom. The molecule has 0 aromatic carbocycles. The molecule has 0 heterocycles. The van der Waals surface area contributed by atoms with Crippen molar-refractivity contribution in [1.29, 1.82) is 0 Å². The molecular weight excluding hydrogens is 364 g/mol. The van der Waals surface area contributed by atoms with Crippen LogP contribution in [-0.2, 0) is 38.7 Å². The summed E-state index contributed by atoms with van der Waals surface area (Å²) >= 11 is 0. The molecule has 0 bridgehead atoms. The molecule has 12 heteroatoms. The van der Waals surface area contributed by atoms with Crippen LogP contribution >= 0.6 is 0 Å². The van der Waals surface area contributed by atoms with Crippen LogP contribution < -0.4 is 50.0 Å². The van der Waals surface area contributed by atoms with E-state index >= 15 is 0 Å². The minimum atomic E-state index is -1.53. The molecule has 0 atom stereocenters. The van der Waals surface area contributed by atoms with Gasteiger partial charge in [0.25, 0.3) is 0 Å². The average Bonchev–Trinajstić information content (AvgIpc) is 2.22. The fraction of sp³-hybridized carbons (Fsp3) is 0.600. The first-order valence-corrected chi connectivity index (χ1v) is 5.44. The molecule has 0 rings (SSSR count). The molecule has 0 saturated carbocycles. The zero-order chi connectivity index (χ0) is 15.7. The van der Waals surface area contributed by atoms with Gasteiger partial charge in [0, 0.05) is 39.3 Å². The number of carboxylic acid groups (broad SMARTS) is 4. The average molecular weight is 377 g/mol. The van der Waals surface area contributed by atoms with Crippen LogP contribution in [0.15, 0.2) is 0 Å². The summed E-state index contributed by atoms with van der Waals surface area (Å²) in [4.78, 5) is 43.4. The maximum absolute atomic E-state index is 10.4. The summed E-state index contributed by atoms with van der Waals surface area (Å²) in [5.41, 5.74) is 0. The molecule has 0 saturated heterocycles. The van der Waals surface area contributed by atoms with Crippen molar-refractivity contribution in [2.45, 2.75) is 0 Å². The van der Waals surface area contributed by atoms with Gasteiger partial charge in [-0.1, -0.05) is 0 Å². The Morgan fingerprint density at radius 3 is 0.909 bits per heavy atom. The van der Waals surface area contributed by atoms with Gasteiger partial charge in [0.05, 0.1) is 23.9 Å². The minimum Gasteiger partial charge on any atom is -0.549 e. The third kappa shape index (κ3) is 15.8. The van der Waals surface area contributed by atoms with E-state index in [-0.39, 0.29) is 62.1 Å². The Labute approximate surface area is 161 Å². The molecule has 0 radical (unpaired) electrons. The molecule has 114 valence electrons. The second-order valence-corrected chi connectivity index (χ2v) is 3.91. The van der Waals surface area contributed by atoms with Crippen LogP contribution in [0.2, 0.25) is 0 Å². The van der Waals surface area contributed by atoms with Crippen molar-refractivity contribution in [1.82, 2.24) is 9.80 Å². The Hall–Kier alpha value is -0.577. The van der Waals surface area contributed by atoms with Gasteiger partial charge in [0.1, 0.15) is 0 Å². The summed E-state index contributed by atoms with van der Waals surface area (Å²) in [6, 6.07) is 0. The first-order valence-electron chi connectivity index (χ1n) is 5.44. The van der Waals surface area contributed by atoms with Crippen LogP contribution in [0.1, 0.15) is 0 Å². The van der Waals surface area contributed by atoms with E-state index in [2.05, 4.69) is 0 Å². The predicted octanol–water partition coefficient (Wildman–Crippen LogP) is -10.4. The fourth-order valence-electron chi connectivity index (χ4n) is 1.44. The third-order valence-corrected chi connectivity index (χ3v) is 2.14. The molecule has 0 aromatic heterocycles. The van der Waals surface area contributed by atoms with E-state index in [1.165, 1.54) is 0 Å². The van der Waals surface area contributed by atoms with Crippen molar-refractivity contribution in [3.8, 4) is 0 Å². The maximum atomic E-state index is 10.4. The Kier molecular flexibility index (Phi) is 16.8. The van der Waals surface area contributed by atoms with Crippen LogP contribution in [0.4, 0.5) is 0 Å². The summed E-state index contributed by atoms with van der Waals surface area (Å²) in [6.07, 6.45) is 0. The number of rotatable bonds is 11. The molecule has 10 nitrogen and oxygen atoms in total. The second-order valence-electron chi connectivity index (χ2n) is 3.91. The minimum absolute atomic E-state index is 0. The summed E-state index contributed by atoms with van der Waals surface area (Å²) in [5.74, 6) is -6.12. The largest absolute Gasteiger partial charge is 2.00 e. The van der Waals surface area contributed by atoms with Crippen molar-refractivity contribution in [3.63, 3.8) is 0 Å². The van der Waals surface area contributed by atoms with E-state index in [4.69, 9.17) is 0 Å². The van der Waals surface area contributed by atoms with Crippen molar-refractivity contribution < 1.29 is 88.6 Å². The number of carbonyl (C=O) groups excluding carboxylic acids is 4. The first-order chi connectivity index (χ1) is 9.20. The van der Waals surface area contributed by atoms with Crippen molar-refractivity contribution >= 4 is 23.9 Å². The number of hydrogen-bond acceptors (Lipinski definition) is 10. The zero-order valence-electron chi connectivity index (χ0n) is 12.1. The molecule has 0 fully saturated rings. The van der Waals surface area contributed by atoms with E-state index in [0.29, 0.717) is 0 Å². The summed E-state index contributed by atoms with van der Waals surface area (Å²) in [5, 5.41) is 41.6. The van der Waals surface area contributed by atoms with Crippen LogP contribution in [0, 0.1) is 0 Å². The van der Waals surface area contributed by atoms with Crippen LogP contribution in [0.25, 0.3) is 0 Å². The van der Waals surface area contributed by atoms with E-state index < -0.39 is 50.1 Å². The van der Waals surface area contributed by atoms with Gasteiger partial charge >= 0.3 is 49.0 Å². The fourth-order valence-corrected chi connectivity index (χ4v) is 1.44. The summed E-state index contributed by atoms with van der Waals surface area (Å²) in [7, 11) is 0. The Balaban J connectivity index is -0.00000180. The van der Waals surface area contributed by atoms with Gasteiger partial charge in [-0.25, -0.2) is 0 Å². The van der Waals surface area contributed by atoms with Gasteiger partial charge < -0.3 is 39.6 Å². The molecule has 0 aliphatic rings. The Bertz CT molecular complexity index is 327.